The van der Waals surface area contributed by atoms with Gasteiger partial charge in [0, 0.05) is 22.9 Å². The lowest BCUT2D eigenvalue weighted by Crippen LogP contribution is -2.34. The number of halogens is 2. The van der Waals surface area contributed by atoms with Gasteiger partial charge < -0.3 is 5.11 Å². The van der Waals surface area contributed by atoms with Crippen LogP contribution in [0.25, 0.3) is 5.69 Å². The molecule has 0 saturated heterocycles. The van der Waals surface area contributed by atoms with Crippen molar-refractivity contribution < 1.29 is 18.7 Å². The number of anilines is 1. The van der Waals surface area contributed by atoms with E-state index in [0.717, 1.165) is 0 Å². The molecule has 2 N–H and O–H groups in total. The van der Waals surface area contributed by atoms with Gasteiger partial charge >= 0.3 is 0 Å². The molecular weight excluding hydrogens is 466 g/mol. The summed E-state index contributed by atoms with van der Waals surface area (Å²) in [6.45, 7) is 3.42. The Morgan fingerprint density at radius 2 is 1.53 bits per heavy atom. The summed E-state index contributed by atoms with van der Waals surface area (Å²) in [6.07, 6.45) is 0. The van der Waals surface area contributed by atoms with Crippen molar-refractivity contribution in [2.24, 2.45) is 11.0 Å². The van der Waals surface area contributed by atoms with E-state index in [1.165, 1.54) is 70.4 Å². The SMILES string of the molecule is CC1=NN(c2ccc(F)cc2)C(=O)[C@H]1[C@@H](c1cccc(O)c1)c1c(C)[nH]n(-c2ccc(F)cc2)c1=O. The number of carbonyl (C=O) groups excluding carboxylic acids is 1. The molecule has 3 aromatic carbocycles. The maximum absolute atomic E-state index is 13.7. The van der Waals surface area contributed by atoms with E-state index in [0.29, 0.717) is 33.9 Å². The normalized spacial score (nSPS) is 16.3. The molecule has 0 fully saturated rings. The zero-order valence-electron chi connectivity index (χ0n) is 19.4. The Morgan fingerprint density at radius 3 is 2.14 bits per heavy atom. The minimum atomic E-state index is -0.860. The number of hydrogen-bond donors (Lipinski definition) is 2. The maximum Gasteiger partial charge on any atom is 0.275 e. The van der Waals surface area contributed by atoms with Crippen molar-refractivity contribution in [2.45, 2.75) is 19.8 Å². The van der Waals surface area contributed by atoms with E-state index in [4.69, 9.17) is 0 Å². The molecule has 0 saturated carbocycles. The van der Waals surface area contributed by atoms with Crippen LogP contribution in [-0.2, 0) is 4.79 Å². The molecular formula is C27H22F2N4O3. The second-order valence-corrected chi connectivity index (χ2v) is 8.69. The topological polar surface area (TPSA) is 90.7 Å². The van der Waals surface area contributed by atoms with Crippen LogP contribution in [0.2, 0.25) is 0 Å². The fraction of sp³-hybridized carbons (Fsp3) is 0.148. The van der Waals surface area contributed by atoms with Gasteiger partial charge in [-0.1, -0.05) is 12.1 Å². The Hall–Kier alpha value is -4.53. The molecule has 182 valence electrons. The molecule has 0 bridgehead atoms. The van der Waals surface area contributed by atoms with Crippen LogP contribution in [0.3, 0.4) is 0 Å². The number of phenolic OH excluding ortho intramolecular Hbond substituents is 1. The highest BCUT2D eigenvalue weighted by Gasteiger charge is 2.43. The first kappa shape index (κ1) is 23.2. The van der Waals surface area contributed by atoms with Gasteiger partial charge in [0.05, 0.1) is 17.3 Å². The van der Waals surface area contributed by atoms with E-state index in [2.05, 4.69) is 10.2 Å². The number of nitrogens with zero attached hydrogens (tertiary/aromatic N) is 3. The quantitative estimate of drug-likeness (QED) is 0.429. The first-order chi connectivity index (χ1) is 17.2. The fourth-order valence-electron chi connectivity index (χ4n) is 4.67. The molecule has 0 aliphatic carbocycles. The zero-order chi connectivity index (χ0) is 25.6. The number of amides is 1. The molecule has 9 heteroatoms. The summed E-state index contributed by atoms with van der Waals surface area (Å²) >= 11 is 0. The Balaban J connectivity index is 1.65. The summed E-state index contributed by atoms with van der Waals surface area (Å²) in [5, 5.41) is 18.9. The summed E-state index contributed by atoms with van der Waals surface area (Å²) in [6, 6.07) is 17.2. The average molecular weight is 488 g/mol. The summed E-state index contributed by atoms with van der Waals surface area (Å²) in [5.41, 5.74) is 2.26. The molecule has 36 heavy (non-hydrogen) atoms. The molecule has 0 spiro atoms. The van der Waals surface area contributed by atoms with E-state index in [9.17, 15) is 23.5 Å². The van der Waals surface area contributed by atoms with Gasteiger partial charge in [-0.3, -0.25) is 14.7 Å². The smallest absolute Gasteiger partial charge is 0.275 e. The second-order valence-electron chi connectivity index (χ2n) is 8.69. The molecule has 7 nitrogen and oxygen atoms in total. The lowest BCUT2D eigenvalue weighted by molar-refractivity contribution is -0.120. The minimum absolute atomic E-state index is 0.0139. The highest BCUT2D eigenvalue weighted by Crippen LogP contribution is 2.39. The number of aryl methyl sites for hydroxylation is 1. The van der Waals surface area contributed by atoms with E-state index in [-0.39, 0.29) is 11.7 Å². The fourth-order valence-corrected chi connectivity index (χ4v) is 4.67. The predicted octanol–water partition coefficient (Wildman–Crippen LogP) is 4.63. The number of H-pyrrole nitrogens is 1. The first-order valence-corrected chi connectivity index (χ1v) is 11.3. The number of hydrazone groups is 1. The van der Waals surface area contributed by atoms with Gasteiger partial charge in [0.2, 0.25) is 0 Å². The number of benzene rings is 3. The monoisotopic (exact) mass is 488 g/mol. The van der Waals surface area contributed by atoms with E-state index < -0.39 is 29.0 Å². The summed E-state index contributed by atoms with van der Waals surface area (Å²) in [5.74, 6) is -2.92. The van der Waals surface area contributed by atoms with Gasteiger partial charge in [-0.05, 0) is 80.1 Å². The largest absolute Gasteiger partial charge is 0.508 e. The molecule has 1 amide bonds. The van der Waals surface area contributed by atoms with Gasteiger partial charge in [-0.15, -0.1) is 0 Å². The first-order valence-electron chi connectivity index (χ1n) is 11.3. The van der Waals surface area contributed by atoms with Crippen LogP contribution in [0.15, 0.2) is 82.7 Å². The molecule has 5 rings (SSSR count). The lowest BCUT2D eigenvalue weighted by Gasteiger charge is -2.23. The van der Waals surface area contributed by atoms with Crippen molar-refractivity contribution in [2.75, 3.05) is 5.01 Å². The number of carbonyl (C=O) groups is 1. The van der Waals surface area contributed by atoms with Crippen LogP contribution in [-0.4, -0.2) is 26.5 Å². The number of phenols is 1. The predicted molar refractivity (Wildman–Crippen MR) is 132 cm³/mol. The van der Waals surface area contributed by atoms with Crippen molar-refractivity contribution in [1.82, 2.24) is 9.78 Å². The van der Waals surface area contributed by atoms with Crippen molar-refractivity contribution in [3.05, 3.63) is 112 Å². The number of aromatic hydroxyl groups is 1. The third-order valence-electron chi connectivity index (χ3n) is 6.33. The third-order valence-corrected chi connectivity index (χ3v) is 6.33. The molecule has 1 aromatic heterocycles. The minimum Gasteiger partial charge on any atom is -0.508 e. The van der Waals surface area contributed by atoms with Gasteiger partial charge in [-0.25, -0.2) is 18.5 Å². The van der Waals surface area contributed by atoms with Crippen LogP contribution < -0.4 is 10.6 Å². The van der Waals surface area contributed by atoms with Crippen LogP contribution in [0.1, 0.15) is 29.7 Å². The zero-order valence-corrected chi connectivity index (χ0v) is 19.4. The highest BCUT2D eigenvalue weighted by molar-refractivity contribution is 6.15. The Kier molecular flexibility index (Phi) is 5.75. The molecule has 1 aliphatic rings. The average Bonchev–Trinajstić information content (AvgIpc) is 3.31. The van der Waals surface area contributed by atoms with Gasteiger partial charge in [-0.2, -0.15) is 5.10 Å². The van der Waals surface area contributed by atoms with Crippen molar-refractivity contribution >= 4 is 17.3 Å². The van der Waals surface area contributed by atoms with Crippen LogP contribution >= 0.6 is 0 Å². The van der Waals surface area contributed by atoms with Gasteiger partial charge in [0.1, 0.15) is 17.4 Å². The molecule has 1 aliphatic heterocycles. The van der Waals surface area contributed by atoms with Crippen molar-refractivity contribution in [3.63, 3.8) is 0 Å². The number of nitrogens with one attached hydrogen (secondary N) is 1. The number of aromatic nitrogens is 2. The van der Waals surface area contributed by atoms with Crippen LogP contribution in [0, 0.1) is 24.5 Å². The summed E-state index contributed by atoms with van der Waals surface area (Å²) < 4.78 is 28.2. The van der Waals surface area contributed by atoms with E-state index in [1.54, 1.807) is 26.0 Å². The van der Waals surface area contributed by atoms with Crippen LogP contribution in [0.5, 0.6) is 5.75 Å². The standard InChI is InChI=1S/C27H22F2N4O3/c1-15-23(26(35)32(30-15)20-10-6-18(28)7-11-20)25(17-4-3-5-22(34)14-17)24-16(2)31-33(27(24)36)21-12-8-19(29)9-13-21/h3-14,23,25,31,34H,1-2H3/t23-,25-/m1/s1. The Morgan fingerprint density at radius 1 is 0.917 bits per heavy atom. The number of aromatic amines is 1. The lowest BCUT2D eigenvalue weighted by atomic mass is 9.78. The maximum atomic E-state index is 13.7. The van der Waals surface area contributed by atoms with Crippen molar-refractivity contribution in [3.8, 4) is 11.4 Å². The molecule has 2 atom stereocenters. The van der Waals surface area contributed by atoms with Crippen LogP contribution in [0.4, 0.5) is 14.5 Å². The van der Waals surface area contributed by atoms with Gasteiger partial charge in [0.25, 0.3) is 11.5 Å². The van der Waals surface area contributed by atoms with Crippen molar-refractivity contribution in [1.29, 1.82) is 0 Å². The molecule has 2 heterocycles. The Labute approximate surface area is 204 Å². The molecule has 0 unspecified atom stereocenters. The Bertz CT molecular complexity index is 1540. The number of rotatable bonds is 5. The second kappa shape index (κ2) is 8.92. The summed E-state index contributed by atoms with van der Waals surface area (Å²) in [7, 11) is 0. The summed E-state index contributed by atoms with van der Waals surface area (Å²) in [4.78, 5) is 27.4. The number of hydrogen-bond acceptors (Lipinski definition) is 4. The van der Waals surface area contributed by atoms with E-state index in [1.807, 2.05) is 0 Å². The highest BCUT2D eigenvalue weighted by atomic mass is 19.1. The molecule has 4 aromatic rings. The third kappa shape index (κ3) is 3.98. The van der Waals surface area contributed by atoms with E-state index >= 15 is 0 Å². The molecule has 0 radical (unpaired) electrons. The van der Waals surface area contributed by atoms with Gasteiger partial charge in [0.15, 0.2) is 0 Å².